The molecular weight excluding hydrogens is 186 g/mol. The predicted molar refractivity (Wildman–Crippen MR) is 60.4 cm³/mol. The van der Waals surface area contributed by atoms with E-state index in [0.29, 0.717) is 17.9 Å². The normalized spacial score (nSPS) is 9.07. The Balaban J connectivity index is 3.19. The third-order valence-corrected chi connectivity index (χ3v) is 2.21. The summed E-state index contributed by atoms with van der Waals surface area (Å²) in [6.07, 6.45) is 6.97. The highest BCUT2D eigenvalue weighted by atomic mass is 15.2. The van der Waals surface area contributed by atoms with E-state index in [1.54, 1.807) is 6.20 Å². The molecule has 1 rings (SSSR count). The van der Waals surface area contributed by atoms with Crippen LogP contribution in [0.3, 0.4) is 0 Å². The average Bonchev–Trinajstić information content (AvgIpc) is 2.25. The summed E-state index contributed by atoms with van der Waals surface area (Å²) in [6.45, 7) is 5.10. The molecular formula is C12H13N3. The fourth-order valence-corrected chi connectivity index (χ4v) is 1.37. The van der Waals surface area contributed by atoms with Gasteiger partial charge < -0.3 is 4.90 Å². The van der Waals surface area contributed by atoms with E-state index in [0.717, 1.165) is 12.1 Å². The van der Waals surface area contributed by atoms with Crippen LogP contribution in [0.5, 0.6) is 0 Å². The summed E-state index contributed by atoms with van der Waals surface area (Å²) in [5.41, 5.74) is 1.53. The molecule has 0 amide bonds. The van der Waals surface area contributed by atoms with Crippen molar-refractivity contribution in [2.75, 3.05) is 18.0 Å². The SMILES string of the molecule is C#CCN(CC)c1nccc(C)c1C#N. The quantitative estimate of drug-likeness (QED) is 0.696. The van der Waals surface area contributed by atoms with Crippen molar-refractivity contribution in [3.63, 3.8) is 0 Å². The zero-order chi connectivity index (χ0) is 11.3. The Labute approximate surface area is 90.4 Å². The van der Waals surface area contributed by atoms with Gasteiger partial charge in [-0.15, -0.1) is 6.42 Å². The van der Waals surface area contributed by atoms with Gasteiger partial charge in [-0.1, -0.05) is 5.92 Å². The molecule has 0 fully saturated rings. The van der Waals surface area contributed by atoms with Crippen LogP contribution in [-0.2, 0) is 0 Å². The molecule has 0 saturated heterocycles. The monoisotopic (exact) mass is 199 g/mol. The van der Waals surface area contributed by atoms with Crippen LogP contribution in [0.1, 0.15) is 18.1 Å². The lowest BCUT2D eigenvalue weighted by Gasteiger charge is -2.20. The van der Waals surface area contributed by atoms with Crippen molar-refractivity contribution in [2.24, 2.45) is 0 Å². The number of hydrogen-bond acceptors (Lipinski definition) is 3. The summed E-state index contributed by atoms with van der Waals surface area (Å²) in [5, 5.41) is 9.04. The molecule has 15 heavy (non-hydrogen) atoms. The summed E-state index contributed by atoms with van der Waals surface area (Å²) in [6, 6.07) is 3.99. The molecule has 1 aromatic heterocycles. The van der Waals surface area contributed by atoms with Gasteiger partial charge in [-0.25, -0.2) is 4.98 Å². The highest BCUT2D eigenvalue weighted by molar-refractivity contribution is 5.57. The van der Waals surface area contributed by atoms with Gasteiger partial charge in [0.1, 0.15) is 11.9 Å². The maximum atomic E-state index is 9.04. The third-order valence-electron chi connectivity index (χ3n) is 2.21. The molecule has 1 heterocycles. The van der Waals surface area contributed by atoms with Gasteiger partial charge in [0.2, 0.25) is 0 Å². The molecule has 0 saturated carbocycles. The van der Waals surface area contributed by atoms with Gasteiger partial charge >= 0.3 is 0 Å². The van der Waals surface area contributed by atoms with E-state index >= 15 is 0 Å². The van der Waals surface area contributed by atoms with Gasteiger partial charge in [-0.05, 0) is 25.5 Å². The molecule has 0 spiro atoms. The summed E-state index contributed by atoms with van der Waals surface area (Å²) in [4.78, 5) is 6.12. The molecule has 0 atom stereocenters. The zero-order valence-corrected chi connectivity index (χ0v) is 8.99. The molecule has 76 valence electrons. The van der Waals surface area contributed by atoms with E-state index in [4.69, 9.17) is 11.7 Å². The Hall–Kier alpha value is -2.00. The fraction of sp³-hybridized carbons (Fsp3) is 0.333. The molecule has 0 unspecified atom stereocenters. The van der Waals surface area contributed by atoms with Crippen LogP contribution in [0.2, 0.25) is 0 Å². The molecule has 0 aliphatic rings. The summed E-state index contributed by atoms with van der Waals surface area (Å²) in [5.74, 6) is 3.24. The number of aryl methyl sites for hydroxylation is 1. The van der Waals surface area contributed by atoms with E-state index in [1.165, 1.54) is 0 Å². The average molecular weight is 199 g/mol. The van der Waals surface area contributed by atoms with Crippen LogP contribution in [0.15, 0.2) is 12.3 Å². The third kappa shape index (κ3) is 2.27. The highest BCUT2D eigenvalue weighted by Crippen LogP contribution is 2.19. The van der Waals surface area contributed by atoms with Crippen molar-refractivity contribution < 1.29 is 0 Å². The minimum Gasteiger partial charge on any atom is -0.345 e. The van der Waals surface area contributed by atoms with Gasteiger partial charge in [-0.3, -0.25) is 0 Å². The molecule has 0 aromatic carbocycles. The lowest BCUT2D eigenvalue weighted by molar-refractivity contribution is 0.888. The molecule has 3 heteroatoms. The number of rotatable bonds is 3. The number of anilines is 1. The van der Waals surface area contributed by atoms with E-state index in [1.807, 2.05) is 24.8 Å². The van der Waals surface area contributed by atoms with Gasteiger partial charge in [0.25, 0.3) is 0 Å². The van der Waals surface area contributed by atoms with Crippen LogP contribution in [0.25, 0.3) is 0 Å². The number of hydrogen-bond donors (Lipinski definition) is 0. The van der Waals surface area contributed by atoms with Crippen LogP contribution in [0, 0.1) is 30.6 Å². The highest BCUT2D eigenvalue weighted by Gasteiger charge is 2.11. The molecule has 0 radical (unpaired) electrons. The minimum atomic E-state index is 0.474. The molecule has 0 aliphatic carbocycles. The second-order valence-corrected chi connectivity index (χ2v) is 3.16. The minimum absolute atomic E-state index is 0.474. The maximum Gasteiger partial charge on any atom is 0.147 e. The number of nitrogens with zero attached hydrogens (tertiary/aromatic N) is 3. The first-order valence-electron chi connectivity index (χ1n) is 4.78. The second-order valence-electron chi connectivity index (χ2n) is 3.16. The van der Waals surface area contributed by atoms with Gasteiger partial charge in [0, 0.05) is 12.7 Å². The first kappa shape index (κ1) is 11.1. The number of pyridine rings is 1. The Bertz CT molecular complexity index is 423. The molecule has 0 bridgehead atoms. The molecule has 0 aliphatic heterocycles. The Morgan fingerprint density at radius 3 is 2.87 bits per heavy atom. The fourth-order valence-electron chi connectivity index (χ4n) is 1.37. The second kappa shape index (κ2) is 5.02. The van der Waals surface area contributed by atoms with Crippen LogP contribution < -0.4 is 4.90 Å². The Morgan fingerprint density at radius 2 is 2.33 bits per heavy atom. The predicted octanol–water partition coefficient (Wildman–Crippen LogP) is 1.72. The topological polar surface area (TPSA) is 39.9 Å². The van der Waals surface area contributed by atoms with Crippen molar-refractivity contribution in [3.8, 4) is 18.4 Å². The van der Waals surface area contributed by atoms with E-state index < -0.39 is 0 Å². The van der Waals surface area contributed by atoms with Crippen molar-refractivity contribution in [3.05, 3.63) is 23.4 Å². The number of nitriles is 1. The molecule has 3 nitrogen and oxygen atoms in total. The largest absolute Gasteiger partial charge is 0.345 e. The van der Waals surface area contributed by atoms with E-state index in [2.05, 4.69) is 17.0 Å². The van der Waals surface area contributed by atoms with E-state index in [-0.39, 0.29) is 0 Å². The summed E-state index contributed by atoms with van der Waals surface area (Å²) >= 11 is 0. The zero-order valence-electron chi connectivity index (χ0n) is 8.99. The van der Waals surface area contributed by atoms with Crippen molar-refractivity contribution in [1.82, 2.24) is 4.98 Å². The molecule has 1 aromatic rings. The Morgan fingerprint density at radius 1 is 1.60 bits per heavy atom. The van der Waals surface area contributed by atoms with Crippen molar-refractivity contribution in [1.29, 1.82) is 5.26 Å². The van der Waals surface area contributed by atoms with E-state index in [9.17, 15) is 0 Å². The number of terminal acetylenes is 1. The lowest BCUT2D eigenvalue weighted by atomic mass is 10.1. The van der Waals surface area contributed by atoms with Crippen LogP contribution in [0.4, 0.5) is 5.82 Å². The standard InChI is InChI=1S/C12H13N3/c1-4-8-15(5-2)12-11(9-13)10(3)6-7-14-12/h1,6-7H,5,8H2,2-3H3. The van der Waals surface area contributed by atoms with Crippen LogP contribution >= 0.6 is 0 Å². The van der Waals surface area contributed by atoms with Crippen molar-refractivity contribution >= 4 is 5.82 Å². The van der Waals surface area contributed by atoms with Gasteiger partial charge in [-0.2, -0.15) is 5.26 Å². The first-order chi connectivity index (χ1) is 7.24. The van der Waals surface area contributed by atoms with Gasteiger partial charge in [0.15, 0.2) is 0 Å². The summed E-state index contributed by atoms with van der Waals surface area (Å²) < 4.78 is 0. The summed E-state index contributed by atoms with van der Waals surface area (Å²) in [7, 11) is 0. The maximum absolute atomic E-state index is 9.04. The Kier molecular flexibility index (Phi) is 3.71. The first-order valence-corrected chi connectivity index (χ1v) is 4.78. The van der Waals surface area contributed by atoms with Crippen molar-refractivity contribution in [2.45, 2.75) is 13.8 Å². The van der Waals surface area contributed by atoms with Gasteiger partial charge in [0.05, 0.1) is 12.1 Å². The molecule has 0 N–H and O–H groups in total. The van der Waals surface area contributed by atoms with Crippen LogP contribution in [-0.4, -0.2) is 18.1 Å². The smallest absolute Gasteiger partial charge is 0.147 e. The number of aromatic nitrogens is 1. The lowest BCUT2D eigenvalue weighted by Crippen LogP contribution is -2.25.